The van der Waals surface area contributed by atoms with Gasteiger partial charge in [-0.2, -0.15) is 0 Å². The molecule has 0 spiro atoms. The predicted molar refractivity (Wildman–Crippen MR) is 110 cm³/mol. The van der Waals surface area contributed by atoms with E-state index in [9.17, 15) is 14.0 Å². The van der Waals surface area contributed by atoms with Gasteiger partial charge < -0.3 is 15.1 Å². The third-order valence-corrected chi connectivity index (χ3v) is 7.01. The standard InChI is InChI=1S/C23H32FN3O2/c1-26-20(28)10-9-19(21(26)17-5-7-18(24)8-6-17)22(29)25-15-23(11-12-23)16-27-13-3-2-4-14-27/h5-8,19,21H,2-4,9-16H2,1H3,(H,25,29). The van der Waals surface area contributed by atoms with Crippen molar-refractivity contribution in [3.05, 3.63) is 35.6 Å². The highest BCUT2D eigenvalue weighted by atomic mass is 19.1. The molecule has 0 aromatic heterocycles. The molecule has 1 saturated carbocycles. The predicted octanol–water partition coefficient (Wildman–Crippen LogP) is 3.12. The molecule has 4 rings (SSSR count). The molecule has 2 saturated heterocycles. The zero-order chi connectivity index (χ0) is 20.4. The van der Waals surface area contributed by atoms with E-state index >= 15 is 0 Å². The monoisotopic (exact) mass is 401 g/mol. The first-order valence-corrected chi connectivity index (χ1v) is 11.0. The number of carbonyl (C=O) groups is 2. The Hall–Kier alpha value is -1.95. The Bertz CT molecular complexity index is 741. The normalized spacial score (nSPS) is 27.0. The van der Waals surface area contributed by atoms with Gasteiger partial charge >= 0.3 is 0 Å². The zero-order valence-corrected chi connectivity index (χ0v) is 17.3. The lowest BCUT2D eigenvalue weighted by atomic mass is 9.84. The van der Waals surface area contributed by atoms with Gasteiger partial charge in [0.2, 0.25) is 11.8 Å². The smallest absolute Gasteiger partial charge is 0.225 e. The Morgan fingerprint density at radius 3 is 2.52 bits per heavy atom. The van der Waals surface area contributed by atoms with Crippen LogP contribution in [-0.4, -0.2) is 54.8 Å². The number of amides is 2. The van der Waals surface area contributed by atoms with E-state index in [1.165, 1.54) is 57.3 Å². The van der Waals surface area contributed by atoms with Gasteiger partial charge in [-0.25, -0.2) is 4.39 Å². The van der Waals surface area contributed by atoms with Crippen LogP contribution in [0.15, 0.2) is 24.3 Å². The minimum atomic E-state index is -0.339. The van der Waals surface area contributed by atoms with Gasteiger partial charge in [0.05, 0.1) is 12.0 Å². The lowest BCUT2D eigenvalue weighted by Crippen LogP contribution is -2.48. The summed E-state index contributed by atoms with van der Waals surface area (Å²) in [7, 11) is 1.74. The van der Waals surface area contributed by atoms with Crippen LogP contribution in [0.3, 0.4) is 0 Å². The van der Waals surface area contributed by atoms with Gasteiger partial charge in [-0.05, 0) is 62.9 Å². The highest BCUT2D eigenvalue weighted by molar-refractivity contribution is 5.85. The number of hydrogen-bond acceptors (Lipinski definition) is 3. The van der Waals surface area contributed by atoms with Crippen molar-refractivity contribution in [3.63, 3.8) is 0 Å². The van der Waals surface area contributed by atoms with Gasteiger partial charge in [0, 0.05) is 32.0 Å². The number of hydrogen-bond donors (Lipinski definition) is 1. The average molecular weight is 402 g/mol. The lowest BCUT2D eigenvalue weighted by molar-refractivity contribution is -0.141. The number of halogens is 1. The molecule has 2 unspecified atom stereocenters. The summed E-state index contributed by atoms with van der Waals surface area (Å²) in [6.45, 7) is 4.15. The van der Waals surface area contributed by atoms with Crippen LogP contribution in [0.1, 0.15) is 56.6 Å². The maximum absolute atomic E-state index is 13.4. The summed E-state index contributed by atoms with van der Waals surface area (Å²) >= 11 is 0. The minimum Gasteiger partial charge on any atom is -0.355 e. The summed E-state index contributed by atoms with van der Waals surface area (Å²) in [5.74, 6) is -0.558. The van der Waals surface area contributed by atoms with Gasteiger partial charge in [0.25, 0.3) is 0 Å². The van der Waals surface area contributed by atoms with E-state index < -0.39 is 0 Å². The molecular weight excluding hydrogens is 369 g/mol. The van der Waals surface area contributed by atoms with Gasteiger partial charge in [0.1, 0.15) is 5.82 Å². The van der Waals surface area contributed by atoms with E-state index in [2.05, 4.69) is 10.2 Å². The van der Waals surface area contributed by atoms with E-state index in [0.717, 1.165) is 12.1 Å². The van der Waals surface area contributed by atoms with Crippen LogP contribution in [0.25, 0.3) is 0 Å². The summed E-state index contributed by atoms with van der Waals surface area (Å²) in [5, 5.41) is 3.21. The van der Waals surface area contributed by atoms with Gasteiger partial charge in [-0.3, -0.25) is 9.59 Å². The molecule has 1 N–H and O–H groups in total. The van der Waals surface area contributed by atoms with E-state index in [0.29, 0.717) is 19.4 Å². The summed E-state index contributed by atoms with van der Waals surface area (Å²) in [5.41, 5.74) is 1.05. The van der Waals surface area contributed by atoms with Gasteiger partial charge in [0.15, 0.2) is 0 Å². The van der Waals surface area contributed by atoms with Crippen molar-refractivity contribution in [1.82, 2.24) is 15.1 Å². The molecule has 6 heteroatoms. The van der Waals surface area contributed by atoms with Gasteiger partial charge in [-0.15, -0.1) is 0 Å². The topological polar surface area (TPSA) is 52.7 Å². The van der Waals surface area contributed by atoms with Crippen molar-refractivity contribution < 1.29 is 14.0 Å². The second-order valence-corrected chi connectivity index (χ2v) is 9.20. The second kappa shape index (κ2) is 8.42. The molecule has 1 aromatic carbocycles. The van der Waals surface area contributed by atoms with Gasteiger partial charge in [-0.1, -0.05) is 18.6 Å². The number of nitrogens with zero attached hydrogens (tertiary/aromatic N) is 2. The van der Waals surface area contributed by atoms with Crippen LogP contribution in [0.4, 0.5) is 4.39 Å². The zero-order valence-electron chi connectivity index (χ0n) is 17.3. The Balaban J connectivity index is 1.40. The molecular formula is C23H32FN3O2. The van der Waals surface area contributed by atoms with Crippen molar-refractivity contribution in [1.29, 1.82) is 0 Å². The lowest BCUT2D eigenvalue weighted by Gasteiger charge is -2.39. The highest BCUT2D eigenvalue weighted by Crippen LogP contribution is 2.46. The summed E-state index contributed by atoms with van der Waals surface area (Å²) in [4.78, 5) is 29.6. The number of piperidine rings is 2. The molecule has 1 aliphatic carbocycles. The van der Waals surface area contributed by atoms with E-state index in [1.807, 2.05) is 0 Å². The highest BCUT2D eigenvalue weighted by Gasteiger charge is 2.45. The Morgan fingerprint density at radius 2 is 1.86 bits per heavy atom. The average Bonchev–Trinajstić information content (AvgIpc) is 3.49. The Labute approximate surface area is 172 Å². The van der Waals surface area contributed by atoms with Crippen LogP contribution >= 0.6 is 0 Å². The number of benzene rings is 1. The molecule has 2 atom stereocenters. The summed E-state index contributed by atoms with van der Waals surface area (Å²) in [6.07, 6.45) is 7.16. The van der Waals surface area contributed by atoms with Crippen molar-refractivity contribution in [3.8, 4) is 0 Å². The first kappa shape index (κ1) is 20.3. The van der Waals surface area contributed by atoms with Crippen molar-refractivity contribution >= 4 is 11.8 Å². The van der Waals surface area contributed by atoms with Crippen LogP contribution in [0.5, 0.6) is 0 Å². The number of rotatable bonds is 6. The third-order valence-electron chi connectivity index (χ3n) is 7.01. The molecule has 1 aromatic rings. The maximum atomic E-state index is 13.4. The number of likely N-dealkylation sites (tertiary alicyclic amines) is 2. The van der Waals surface area contributed by atoms with Crippen molar-refractivity contribution in [2.45, 2.75) is 51.0 Å². The number of nitrogens with one attached hydrogen (secondary N) is 1. The van der Waals surface area contributed by atoms with Crippen LogP contribution < -0.4 is 5.32 Å². The van der Waals surface area contributed by atoms with Crippen molar-refractivity contribution in [2.24, 2.45) is 11.3 Å². The summed E-state index contributed by atoms with van der Waals surface area (Å²) in [6, 6.07) is 5.83. The molecule has 5 nitrogen and oxygen atoms in total. The molecule has 0 bridgehead atoms. The SMILES string of the molecule is CN1C(=O)CCC(C(=O)NCC2(CN3CCCCC3)CC2)C1c1ccc(F)cc1. The fourth-order valence-corrected chi connectivity index (χ4v) is 4.99. The van der Waals surface area contributed by atoms with Crippen LogP contribution in [-0.2, 0) is 9.59 Å². The van der Waals surface area contributed by atoms with E-state index in [4.69, 9.17) is 0 Å². The molecule has 2 amide bonds. The molecule has 158 valence electrons. The fourth-order valence-electron chi connectivity index (χ4n) is 4.99. The summed E-state index contributed by atoms with van der Waals surface area (Å²) < 4.78 is 13.4. The molecule has 2 aliphatic heterocycles. The Morgan fingerprint density at radius 1 is 1.17 bits per heavy atom. The Kier molecular flexibility index (Phi) is 5.91. The first-order valence-electron chi connectivity index (χ1n) is 11.0. The van der Waals surface area contributed by atoms with E-state index in [-0.39, 0.29) is 35.0 Å². The molecule has 2 heterocycles. The maximum Gasteiger partial charge on any atom is 0.225 e. The molecule has 3 aliphatic rings. The minimum absolute atomic E-state index is 0.0172. The number of carbonyl (C=O) groups excluding carboxylic acids is 2. The molecule has 29 heavy (non-hydrogen) atoms. The van der Waals surface area contributed by atoms with E-state index in [1.54, 1.807) is 24.1 Å². The first-order chi connectivity index (χ1) is 14.0. The quantitative estimate of drug-likeness (QED) is 0.797. The van der Waals surface area contributed by atoms with Crippen molar-refractivity contribution in [2.75, 3.05) is 33.2 Å². The van der Waals surface area contributed by atoms with Crippen LogP contribution in [0.2, 0.25) is 0 Å². The molecule has 3 fully saturated rings. The molecule has 0 radical (unpaired) electrons. The largest absolute Gasteiger partial charge is 0.355 e. The second-order valence-electron chi connectivity index (χ2n) is 9.20. The van der Waals surface area contributed by atoms with Crippen LogP contribution in [0, 0.1) is 17.2 Å². The fraction of sp³-hybridized carbons (Fsp3) is 0.652. The third kappa shape index (κ3) is 4.63.